The van der Waals surface area contributed by atoms with Gasteiger partial charge in [0.2, 0.25) is 11.8 Å². The molecule has 35 heavy (non-hydrogen) atoms. The topological polar surface area (TPSA) is 102 Å². The predicted molar refractivity (Wildman–Crippen MR) is 129 cm³/mol. The summed E-state index contributed by atoms with van der Waals surface area (Å²) in [7, 11) is 4.00. The van der Waals surface area contributed by atoms with Gasteiger partial charge >= 0.3 is 6.03 Å². The lowest BCUT2D eigenvalue weighted by Crippen LogP contribution is -2.49. The van der Waals surface area contributed by atoms with Gasteiger partial charge in [-0.05, 0) is 57.0 Å². The van der Waals surface area contributed by atoms with E-state index < -0.39 is 23.3 Å². The number of hydrogen-bond donors (Lipinski definition) is 2. The number of likely N-dealkylation sites (tertiary alicyclic amines) is 1. The van der Waals surface area contributed by atoms with Crippen molar-refractivity contribution in [3.05, 3.63) is 35.6 Å². The fourth-order valence-corrected chi connectivity index (χ4v) is 4.83. The Kier molecular flexibility index (Phi) is 7.83. The lowest BCUT2D eigenvalue weighted by molar-refractivity contribution is -0.140. The Morgan fingerprint density at radius 3 is 2.34 bits per heavy atom. The molecule has 2 aliphatic rings. The number of carbonyl (C=O) groups is 4. The summed E-state index contributed by atoms with van der Waals surface area (Å²) >= 11 is 0. The molecule has 2 heterocycles. The second-order valence-electron chi connectivity index (χ2n) is 10.7. The van der Waals surface area contributed by atoms with Gasteiger partial charge in [-0.3, -0.25) is 19.3 Å². The molecule has 2 aliphatic heterocycles. The number of halogens is 1. The van der Waals surface area contributed by atoms with Crippen LogP contribution >= 0.6 is 0 Å². The smallest absolute Gasteiger partial charge is 0.325 e. The summed E-state index contributed by atoms with van der Waals surface area (Å²) in [5.74, 6) is -1.53. The molecule has 3 rings (SSSR count). The van der Waals surface area contributed by atoms with Crippen molar-refractivity contribution in [1.82, 2.24) is 25.3 Å². The third-order valence-corrected chi connectivity index (χ3v) is 6.69. The monoisotopic (exact) mass is 489 g/mol. The minimum absolute atomic E-state index is 0.00640. The molecule has 0 aromatic heterocycles. The highest BCUT2D eigenvalue weighted by molar-refractivity contribution is 6.09. The fraction of sp³-hybridized carbons (Fsp3) is 0.600. The maximum atomic E-state index is 13.3. The van der Waals surface area contributed by atoms with Gasteiger partial charge in [0.1, 0.15) is 17.9 Å². The van der Waals surface area contributed by atoms with Crippen molar-refractivity contribution in [3.63, 3.8) is 0 Å². The van der Waals surface area contributed by atoms with Gasteiger partial charge in [0.25, 0.3) is 5.91 Å². The van der Waals surface area contributed by atoms with Gasteiger partial charge in [0, 0.05) is 32.1 Å². The zero-order valence-electron chi connectivity index (χ0n) is 21.2. The third kappa shape index (κ3) is 6.17. The van der Waals surface area contributed by atoms with Crippen LogP contribution in [0.3, 0.4) is 0 Å². The summed E-state index contributed by atoms with van der Waals surface area (Å²) < 4.78 is 13.3. The van der Waals surface area contributed by atoms with Crippen LogP contribution in [-0.2, 0) is 19.9 Å². The summed E-state index contributed by atoms with van der Waals surface area (Å²) in [6.45, 7) is 7.56. The standard InChI is InChI=1S/C25H36FN5O4/c1-24(2,16-29(4)5)15-27-21(33)17-10-12-30(13-11-17)20(32)14-31-22(34)25(3,28-23(31)35)18-6-8-19(26)9-7-18/h6-9,17H,10-16H2,1-5H3,(H,27,33)(H,28,35). The summed E-state index contributed by atoms with van der Waals surface area (Å²) in [6.07, 6.45) is 1.05. The fourth-order valence-electron chi connectivity index (χ4n) is 4.83. The highest BCUT2D eigenvalue weighted by Crippen LogP contribution is 2.29. The number of nitrogens with zero attached hydrogens (tertiary/aromatic N) is 3. The van der Waals surface area contributed by atoms with Crippen molar-refractivity contribution < 1.29 is 23.6 Å². The van der Waals surface area contributed by atoms with E-state index in [1.807, 2.05) is 14.1 Å². The van der Waals surface area contributed by atoms with Crippen LogP contribution in [0.5, 0.6) is 0 Å². The van der Waals surface area contributed by atoms with E-state index in [2.05, 4.69) is 29.4 Å². The molecule has 9 nitrogen and oxygen atoms in total. The van der Waals surface area contributed by atoms with E-state index in [0.29, 0.717) is 38.0 Å². The molecule has 10 heteroatoms. The van der Waals surface area contributed by atoms with Gasteiger partial charge in [-0.2, -0.15) is 0 Å². The lowest BCUT2D eigenvalue weighted by atomic mass is 9.91. The van der Waals surface area contributed by atoms with Crippen molar-refractivity contribution >= 4 is 23.8 Å². The molecule has 1 unspecified atom stereocenters. The Morgan fingerprint density at radius 1 is 1.17 bits per heavy atom. The van der Waals surface area contributed by atoms with Crippen LogP contribution in [0.4, 0.5) is 9.18 Å². The molecule has 2 saturated heterocycles. The van der Waals surface area contributed by atoms with Gasteiger partial charge in [0.15, 0.2) is 0 Å². The predicted octanol–water partition coefficient (Wildman–Crippen LogP) is 1.54. The maximum absolute atomic E-state index is 13.3. The van der Waals surface area contributed by atoms with Crippen LogP contribution in [0.1, 0.15) is 39.2 Å². The second-order valence-corrected chi connectivity index (χ2v) is 10.7. The molecule has 5 amide bonds. The number of carbonyl (C=O) groups excluding carboxylic acids is 4. The Bertz CT molecular complexity index is 973. The molecular formula is C25H36FN5O4. The number of rotatable bonds is 8. The van der Waals surface area contributed by atoms with Crippen molar-refractivity contribution in [3.8, 4) is 0 Å². The van der Waals surface area contributed by atoms with Crippen LogP contribution in [0.25, 0.3) is 0 Å². The van der Waals surface area contributed by atoms with Crippen LogP contribution in [0.2, 0.25) is 0 Å². The third-order valence-electron chi connectivity index (χ3n) is 6.69. The molecule has 0 saturated carbocycles. The maximum Gasteiger partial charge on any atom is 0.325 e. The molecule has 0 aliphatic carbocycles. The summed E-state index contributed by atoms with van der Waals surface area (Å²) in [5.41, 5.74) is -0.981. The van der Waals surface area contributed by atoms with E-state index in [9.17, 15) is 23.6 Å². The lowest BCUT2D eigenvalue weighted by Gasteiger charge is -2.33. The van der Waals surface area contributed by atoms with Crippen molar-refractivity contribution in [2.45, 2.75) is 39.2 Å². The number of hydrogen-bond acceptors (Lipinski definition) is 5. The molecule has 0 bridgehead atoms. The van der Waals surface area contributed by atoms with E-state index >= 15 is 0 Å². The molecule has 0 radical (unpaired) electrons. The zero-order valence-corrected chi connectivity index (χ0v) is 21.2. The van der Waals surface area contributed by atoms with Crippen LogP contribution in [0, 0.1) is 17.2 Å². The second kappa shape index (κ2) is 10.3. The van der Waals surface area contributed by atoms with Crippen LogP contribution in [-0.4, -0.2) is 85.3 Å². The van der Waals surface area contributed by atoms with Gasteiger partial charge in [-0.1, -0.05) is 26.0 Å². The zero-order chi connectivity index (χ0) is 26.0. The van der Waals surface area contributed by atoms with Gasteiger partial charge in [-0.15, -0.1) is 0 Å². The first-order valence-corrected chi connectivity index (χ1v) is 11.9. The number of urea groups is 1. The Morgan fingerprint density at radius 2 is 1.77 bits per heavy atom. The number of nitrogens with one attached hydrogen (secondary N) is 2. The van der Waals surface area contributed by atoms with Crippen molar-refractivity contribution in [2.24, 2.45) is 11.3 Å². The molecule has 192 valence electrons. The number of amides is 5. The first-order chi connectivity index (χ1) is 16.3. The quantitative estimate of drug-likeness (QED) is 0.540. The average Bonchev–Trinajstić information content (AvgIpc) is 3.01. The Hall–Kier alpha value is -3.01. The minimum atomic E-state index is -1.36. The van der Waals surface area contributed by atoms with Crippen molar-refractivity contribution in [2.75, 3.05) is 46.8 Å². The van der Waals surface area contributed by atoms with E-state index in [0.717, 1.165) is 11.4 Å². The summed E-state index contributed by atoms with van der Waals surface area (Å²) in [6, 6.07) is 4.66. The largest absolute Gasteiger partial charge is 0.355 e. The number of benzene rings is 1. The number of piperidine rings is 1. The SMILES string of the molecule is CN(C)CC(C)(C)CNC(=O)C1CCN(C(=O)CN2C(=O)NC(C)(c3ccc(F)cc3)C2=O)CC1. The minimum Gasteiger partial charge on any atom is -0.355 e. The normalized spacial score (nSPS) is 21.5. The molecule has 1 aromatic carbocycles. The van der Waals surface area contributed by atoms with Crippen LogP contribution < -0.4 is 10.6 Å². The van der Waals surface area contributed by atoms with Gasteiger partial charge in [-0.25, -0.2) is 9.18 Å². The highest BCUT2D eigenvalue weighted by atomic mass is 19.1. The van der Waals surface area contributed by atoms with E-state index in [4.69, 9.17) is 0 Å². The molecule has 0 spiro atoms. The van der Waals surface area contributed by atoms with Gasteiger partial charge in [0.05, 0.1) is 0 Å². The first-order valence-electron chi connectivity index (χ1n) is 11.9. The molecule has 2 N–H and O–H groups in total. The number of imide groups is 1. The van der Waals surface area contributed by atoms with Gasteiger partial charge < -0.3 is 20.4 Å². The average molecular weight is 490 g/mol. The first kappa shape index (κ1) is 26.6. The van der Waals surface area contributed by atoms with Crippen LogP contribution in [0.15, 0.2) is 24.3 Å². The van der Waals surface area contributed by atoms with E-state index in [-0.39, 0.29) is 29.7 Å². The van der Waals surface area contributed by atoms with Crippen molar-refractivity contribution in [1.29, 1.82) is 0 Å². The summed E-state index contributed by atoms with van der Waals surface area (Å²) in [4.78, 5) is 55.6. The highest BCUT2D eigenvalue weighted by Gasteiger charge is 2.49. The molecule has 2 fully saturated rings. The molecule has 1 atom stereocenters. The molecule has 1 aromatic rings. The molecular weight excluding hydrogens is 453 g/mol. The Labute approximate surface area is 206 Å². The van der Waals surface area contributed by atoms with E-state index in [1.54, 1.807) is 4.90 Å². The summed E-state index contributed by atoms with van der Waals surface area (Å²) in [5, 5.41) is 5.66. The Balaban J connectivity index is 1.52. The van der Waals surface area contributed by atoms with E-state index in [1.165, 1.54) is 31.2 Å².